The van der Waals surface area contributed by atoms with E-state index >= 15 is 0 Å². The highest BCUT2D eigenvalue weighted by molar-refractivity contribution is 7.13. The predicted octanol–water partition coefficient (Wildman–Crippen LogP) is 3.64. The summed E-state index contributed by atoms with van der Waals surface area (Å²) in [4.78, 5) is 19.0. The Labute approximate surface area is 147 Å². The molecule has 24 heavy (non-hydrogen) atoms. The van der Waals surface area contributed by atoms with Crippen molar-refractivity contribution in [2.24, 2.45) is 0 Å². The van der Waals surface area contributed by atoms with Crippen molar-refractivity contribution in [1.29, 1.82) is 0 Å². The lowest BCUT2D eigenvalue weighted by molar-refractivity contribution is -0.135. The first-order valence-electron chi connectivity index (χ1n) is 8.46. The number of carbonyl (C=O) groups excluding carboxylic acids is 1. The Bertz CT molecular complexity index is 718. The Morgan fingerprint density at radius 1 is 1.29 bits per heavy atom. The summed E-state index contributed by atoms with van der Waals surface area (Å²) < 4.78 is 0. The van der Waals surface area contributed by atoms with Crippen LogP contribution in [-0.4, -0.2) is 34.4 Å². The lowest BCUT2D eigenvalue weighted by Gasteiger charge is -2.40. The third kappa shape index (κ3) is 3.37. The highest BCUT2D eigenvalue weighted by Crippen LogP contribution is 2.27. The molecule has 4 nitrogen and oxygen atoms in total. The van der Waals surface area contributed by atoms with Crippen LogP contribution in [0, 0.1) is 0 Å². The number of hydrogen-bond donors (Lipinski definition) is 1. The number of carbonyl (C=O) groups is 1. The van der Waals surface area contributed by atoms with Gasteiger partial charge in [0.05, 0.1) is 11.2 Å². The minimum atomic E-state index is -0.485. The number of piperazine rings is 1. The van der Waals surface area contributed by atoms with Crippen LogP contribution in [0.25, 0.3) is 10.6 Å². The number of rotatable bonds is 4. The van der Waals surface area contributed by atoms with Crippen LogP contribution in [-0.2, 0) is 11.3 Å². The van der Waals surface area contributed by atoms with Gasteiger partial charge in [-0.25, -0.2) is 4.98 Å². The molecule has 128 valence electrons. The zero-order chi connectivity index (χ0) is 17.3. The molecule has 1 N–H and O–H groups in total. The third-order valence-electron chi connectivity index (χ3n) is 4.74. The zero-order valence-corrected chi connectivity index (χ0v) is 15.6. The van der Waals surface area contributed by atoms with E-state index in [1.54, 1.807) is 11.3 Å². The van der Waals surface area contributed by atoms with Gasteiger partial charge in [-0.05, 0) is 25.3 Å². The van der Waals surface area contributed by atoms with E-state index in [4.69, 9.17) is 4.98 Å². The van der Waals surface area contributed by atoms with Crippen LogP contribution in [0.15, 0.2) is 29.6 Å². The van der Waals surface area contributed by atoms with Gasteiger partial charge in [-0.1, -0.05) is 38.1 Å². The molecule has 0 radical (unpaired) electrons. The van der Waals surface area contributed by atoms with E-state index in [1.165, 1.54) is 5.56 Å². The molecule has 1 fully saturated rings. The average molecular weight is 343 g/mol. The smallest absolute Gasteiger partial charge is 0.240 e. The molecule has 1 aromatic carbocycles. The molecule has 2 heterocycles. The molecule has 2 aromatic rings. The number of thiazole rings is 1. The third-order valence-corrected chi connectivity index (χ3v) is 5.68. The molecule has 1 amide bonds. The first-order chi connectivity index (χ1) is 11.4. The van der Waals surface area contributed by atoms with Crippen molar-refractivity contribution in [3.63, 3.8) is 0 Å². The maximum absolute atomic E-state index is 12.1. The summed E-state index contributed by atoms with van der Waals surface area (Å²) in [5.41, 5.74) is 3.05. The minimum Gasteiger partial charge on any atom is -0.353 e. The van der Waals surface area contributed by atoms with Crippen molar-refractivity contribution < 1.29 is 4.79 Å². The van der Waals surface area contributed by atoms with Crippen molar-refractivity contribution in [3.05, 3.63) is 40.9 Å². The number of benzene rings is 1. The van der Waals surface area contributed by atoms with Gasteiger partial charge in [0.25, 0.3) is 0 Å². The van der Waals surface area contributed by atoms with Gasteiger partial charge in [0.15, 0.2) is 0 Å². The predicted molar refractivity (Wildman–Crippen MR) is 99.1 cm³/mol. The first-order valence-corrected chi connectivity index (χ1v) is 9.34. The Morgan fingerprint density at radius 2 is 2.00 bits per heavy atom. The van der Waals surface area contributed by atoms with Gasteiger partial charge in [0.1, 0.15) is 5.01 Å². The van der Waals surface area contributed by atoms with Gasteiger partial charge in [0.2, 0.25) is 5.91 Å². The molecule has 1 aliphatic heterocycles. The quantitative estimate of drug-likeness (QED) is 0.922. The van der Waals surface area contributed by atoms with Crippen molar-refractivity contribution in [2.45, 2.75) is 45.7 Å². The van der Waals surface area contributed by atoms with Crippen molar-refractivity contribution >= 4 is 17.2 Å². The van der Waals surface area contributed by atoms with E-state index in [9.17, 15) is 4.79 Å². The molecule has 0 saturated carbocycles. The first kappa shape index (κ1) is 17.1. The normalized spacial score (nSPS) is 18.0. The molecule has 0 atom stereocenters. The number of amides is 1. The molecule has 0 aliphatic carbocycles. The summed E-state index contributed by atoms with van der Waals surface area (Å²) in [5.74, 6) is 0.631. The van der Waals surface area contributed by atoms with E-state index < -0.39 is 5.54 Å². The van der Waals surface area contributed by atoms with Crippen LogP contribution in [0.1, 0.15) is 44.9 Å². The van der Waals surface area contributed by atoms with Crippen molar-refractivity contribution in [3.8, 4) is 10.6 Å². The van der Waals surface area contributed by atoms with Gasteiger partial charge in [-0.15, -0.1) is 11.3 Å². The molecule has 1 saturated heterocycles. The number of hydrogen-bond acceptors (Lipinski definition) is 4. The molecular weight excluding hydrogens is 318 g/mol. The largest absolute Gasteiger partial charge is 0.353 e. The van der Waals surface area contributed by atoms with Gasteiger partial charge in [-0.3, -0.25) is 9.69 Å². The fraction of sp³-hybridized carbons (Fsp3) is 0.474. The van der Waals surface area contributed by atoms with Gasteiger partial charge in [-0.2, -0.15) is 0 Å². The average Bonchev–Trinajstić information content (AvgIpc) is 3.01. The van der Waals surface area contributed by atoms with Crippen LogP contribution < -0.4 is 5.32 Å². The monoisotopic (exact) mass is 343 g/mol. The van der Waals surface area contributed by atoms with Gasteiger partial charge in [0, 0.05) is 30.6 Å². The van der Waals surface area contributed by atoms with Crippen molar-refractivity contribution in [2.75, 3.05) is 13.1 Å². The summed E-state index contributed by atoms with van der Waals surface area (Å²) in [5, 5.41) is 6.08. The summed E-state index contributed by atoms with van der Waals surface area (Å²) in [6, 6.07) is 8.66. The van der Waals surface area contributed by atoms with Crippen LogP contribution >= 0.6 is 11.3 Å². The maximum atomic E-state index is 12.1. The second-order valence-electron chi connectivity index (χ2n) is 7.16. The molecule has 3 rings (SSSR count). The van der Waals surface area contributed by atoms with Crippen molar-refractivity contribution in [1.82, 2.24) is 15.2 Å². The summed E-state index contributed by atoms with van der Waals surface area (Å²) >= 11 is 1.67. The van der Waals surface area contributed by atoms with Crippen LogP contribution in [0.2, 0.25) is 0 Å². The molecule has 1 aromatic heterocycles. The molecule has 5 heteroatoms. The van der Waals surface area contributed by atoms with E-state index in [1.807, 2.05) is 13.8 Å². The molecular formula is C19H25N3OS. The highest BCUT2D eigenvalue weighted by Gasteiger charge is 2.37. The minimum absolute atomic E-state index is 0.0912. The lowest BCUT2D eigenvalue weighted by Crippen LogP contribution is -2.61. The fourth-order valence-corrected chi connectivity index (χ4v) is 3.76. The SMILES string of the molecule is CC(C)c1ccc(-c2nc(CN3CCNC(=O)C3(C)C)cs2)cc1. The number of nitrogens with zero attached hydrogens (tertiary/aromatic N) is 2. The summed E-state index contributed by atoms with van der Waals surface area (Å²) in [6.45, 7) is 10.6. The lowest BCUT2D eigenvalue weighted by atomic mass is 9.99. The van der Waals surface area contributed by atoms with Crippen LogP contribution in [0.4, 0.5) is 0 Å². The summed E-state index contributed by atoms with van der Waals surface area (Å²) in [6.07, 6.45) is 0. The number of aromatic nitrogens is 1. The molecule has 1 aliphatic rings. The zero-order valence-electron chi connectivity index (χ0n) is 14.8. The highest BCUT2D eigenvalue weighted by atomic mass is 32.1. The second-order valence-corrected chi connectivity index (χ2v) is 8.02. The number of nitrogens with one attached hydrogen (secondary N) is 1. The fourth-order valence-electron chi connectivity index (χ4n) is 2.94. The van der Waals surface area contributed by atoms with E-state index in [0.29, 0.717) is 19.0 Å². The Balaban J connectivity index is 1.75. The van der Waals surface area contributed by atoms with E-state index in [0.717, 1.165) is 22.8 Å². The Hall–Kier alpha value is -1.72. The van der Waals surface area contributed by atoms with E-state index in [2.05, 4.69) is 53.7 Å². The summed E-state index contributed by atoms with van der Waals surface area (Å²) in [7, 11) is 0. The van der Waals surface area contributed by atoms with Gasteiger partial charge >= 0.3 is 0 Å². The topological polar surface area (TPSA) is 45.2 Å². The van der Waals surface area contributed by atoms with Crippen LogP contribution in [0.5, 0.6) is 0 Å². The van der Waals surface area contributed by atoms with Crippen LogP contribution in [0.3, 0.4) is 0 Å². The maximum Gasteiger partial charge on any atom is 0.240 e. The van der Waals surface area contributed by atoms with E-state index in [-0.39, 0.29) is 5.91 Å². The molecule has 0 bridgehead atoms. The molecule has 0 spiro atoms. The molecule has 0 unspecified atom stereocenters. The Kier molecular flexibility index (Phi) is 4.74. The van der Waals surface area contributed by atoms with Gasteiger partial charge < -0.3 is 5.32 Å². The standard InChI is InChI=1S/C19H25N3OS/c1-13(2)14-5-7-15(8-6-14)17-21-16(12-24-17)11-22-10-9-20-18(23)19(22,3)4/h5-8,12-13H,9-11H2,1-4H3,(H,20,23). The second kappa shape index (κ2) is 6.65. The Morgan fingerprint density at radius 3 is 2.67 bits per heavy atom.